The Bertz CT molecular complexity index is 575. The third-order valence-corrected chi connectivity index (χ3v) is 3.51. The van der Waals surface area contributed by atoms with Crippen LogP contribution in [-0.2, 0) is 6.54 Å². The van der Waals surface area contributed by atoms with Gasteiger partial charge in [-0.25, -0.2) is 0 Å². The lowest BCUT2D eigenvalue weighted by atomic mass is 10.2. The van der Waals surface area contributed by atoms with E-state index in [1.807, 2.05) is 18.2 Å². The van der Waals surface area contributed by atoms with Crippen molar-refractivity contribution in [2.24, 2.45) is 5.73 Å². The Balaban J connectivity index is 2.26. The highest BCUT2D eigenvalue weighted by Gasteiger charge is 2.06. The fraction of sp³-hybridized carbons (Fsp3) is 0.0769. The van der Waals surface area contributed by atoms with Crippen LogP contribution in [0, 0.1) is 0 Å². The van der Waals surface area contributed by atoms with Crippen LogP contribution in [0.5, 0.6) is 11.5 Å². The smallest absolute Gasteiger partial charge is 0.146 e. The second-order valence-electron chi connectivity index (χ2n) is 3.63. The zero-order valence-corrected chi connectivity index (χ0v) is 12.4. The van der Waals surface area contributed by atoms with Crippen molar-refractivity contribution in [1.29, 1.82) is 0 Å². The monoisotopic (exact) mass is 345 g/mol. The maximum absolute atomic E-state index is 6.07. The minimum Gasteiger partial charge on any atom is -0.456 e. The van der Waals surface area contributed by atoms with Gasteiger partial charge in [-0.15, -0.1) is 0 Å². The van der Waals surface area contributed by atoms with Gasteiger partial charge in [0.15, 0.2) is 0 Å². The van der Waals surface area contributed by atoms with E-state index in [1.54, 1.807) is 18.2 Å². The molecule has 0 bridgehead atoms. The predicted molar refractivity (Wildman–Crippen MR) is 78.6 cm³/mol. The molecule has 0 aliphatic carbocycles. The van der Waals surface area contributed by atoms with Crippen LogP contribution in [0.4, 0.5) is 0 Å². The highest BCUT2D eigenvalue weighted by molar-refractivity contribution is 9.10. The van der Waals surface area contributed by atoms with E-state index in [1.165, 1.54) is 0 Å². The predicted octanol–water partition coefficient (Wildman–Crippen LogP) is 5.01. The van der Waals surface area contributed by atoms with Crippen LogP contribution in [0.15, 0.2) is 40.9 Å². The first-order valence-corrected chi connectivity index (χ1v) is 6.76. The topological polar surface area (TPSA) is 35.2 Å². The summed E-state index contributed by atoms with van der Waals surface area (Å²) in [5.74, 6) is 1.21. The average molecular weight is 347 g/mol. The summed E-state index contributed by atoms with van der Waals surface area (Å²) < 4.78 is 6.57. The van der Waals surface area contributed by atoms with Crippen LogP contribution in [-0.4, -0.2) is 0 Å². The van der Waals surface area contributed by atoms with Gasteiger partial charge >= 0.3 is 0 Å². The van der Waals surface area contributed by atoms with E-state index >= 15 is 0 Å². The molecule has 0 aromatic heterocycles. The first-order chi connectivity index (χ1) is 8.60. The largest absolute Gasteiger partial charge is 0.456 e. The van der Waals surface area contributed by atoms with E-state index in [9.17, 15) is 0 Å². The molecule has 5 heteroatoms. The Morgan fingerprint density at radius 2 is 1.83 bits per heavy atom. The lowest BCUT2D eigenvalue weighted by Crippen LogP contribution is -1.97. The second-order valence-corrected chi connectivity index (χ2v) is 5.36. The third-order valence-electron chi connectivity index (χ3n) is 2.37. The molecule has 0 fully saturated rings. The van der Waals surface area contributed by atoms with Gasteiger partial charge in [0.25, 0.3) is 0 Å². The number of benzene rings is 2. The van der Waals surface area contributed by atoms with Gasteiger partial charge in [0, 0.05) is 16.0 Å². The van der Waals surface area contributed by atoms with Gasteiger partial charge < -0.3 is 10.5 Å². The average Bonchev–Trinajstić information content (AvgIpc) is 2.33. The number of hydrogen-bond donors (Lipinski definition) is 1. The normalized spacial score (nSPS) is 10.4. The Kier molecular flexibility index (Phi) is 4.51. The van der Waals surface area contributed by atoms with Crippen molar-refractivity contribution in [3.8, 4) is 11.5 Å². The minimum atomic E-state index is 0.401. The molecule has 0 atom stereocenters. The van der Waals surface area contributed by atoms with Crippen molar-refractivity contribution in [3.05, 3.63) is 56.5 Å². The standard InChI is InChI=1S/C13H10BrCl2NO/c14-9-2-4-13(12(16)5-9)18-10-3-1-8(7-17)11(15)6-10/h1-6H,7,17H2. The highest BCUT2D eigenvalue weighted by atomic mass is 79.9. The molecule has 2 nitrogen and oxygen atoms in total. The maximum Gasteiger partial charge on any atom is 0.146 e. The first kappa shape index (κ1) is 13.7. The summed E-state index contributed by atoms with van der Waals surface area (Å²) >= 11 is 15.5. The molecule has 0 spiro atoms. The zero-order valence-electron chi connectivity index (χ0n) is 9.29. The van der Waals surface area contributed by atoms with Crippen molar-refractivity contribution in [3.63, 3.8) is 0 Å². The van der Waals surface area contributed by atoms with E-state index in [2.05, 4.69) is 15.9 Å². The van der Waals surface area contributed by atoms with E-state index in [4.69, 9.17) is 33.7 Å². The fourth-order valence-corrected chi connectivity index (χ4v) is 2.40. The van der Waals surface area contributed by atoms with Crippen LogP contribution in [0.3, 0.4) is 0 Å². The van der Waals surface area contributed by atoms with Gasteiger partial charge in [-0.05, 0) is 35.9 Å². The summed E-state index contributed by atoms with van der Waals surface area (Å²) in [6.07, 6.45) is 0. The van der Waals surface area contributed by atoms with E-state index in [0.29, 0.717) is 28.1 Å². The Morgan fingerprint density at radius 3 is 2.44 bits per heavy atom. The molecular formula is C13H10BrCl2NO. The van der Waals surface area contributed by atoms with Crippen LogP contribution in [0.1, 0.15) is 5.56 Å². The third kappa shape index (κ3) is 3.18. The van der Waals surface area contributed by atoms with Crippen molar-refractivity contribution < 1.29 is 4.74 Å². The second kappa shape index (κ2) is 5.93. The van der Waals surface area contributed by atoms with E-state index < -0.39 is 0 Å². The molecule has 2 aromatic carbocycles. The summed E-state index contributed by atoms with van der Waals surface area (Å²) in [7, 11) is 0. The van der Waals surface area contributed by atoms with Gasteiger partial charge in [-0.2, -0.15) is 0 Å². The van der Waals surface area contributed by atoms with Gasteiger partial charge in [0.05, 0.1) is 5.02 Å². The molecule has 18 heavy (non-hydrogen) atoms. The fourth-order valence-electron chi connectivity index (χ4n) is 1.44. The Labute approximate surface area is 124 Å². The van der Waals surface area contributed by atoms with Crippen molar-refractivity contribution >= 4 is 39.1 Å². The highest BCUT2D eigenvalue weighted by Crippen LogP contribution is 2.33. The molecule has 0 saturated heterocycles. The summed E-state index contributed by atoms with van der Waals surface area (Å²) in [6, 6.07) is 10.8. The molecule has 2 N–H and O–H groups in total. The molecule has 94 valence electrons. The van der Waals surface area contributed by atoms with Crippen molar-refractivity contribution in [1.82, 2.24) is 0 Å². The summed E-state index contributed by atoms with van der Waals surface area (Å²) in [5, 5.41) is 1.12. The first-order valence-electron chi connectivity index (χ1n) is 5.21. The lowest BCUT2D eigenvalue weighted by molar-refractivity contribution is 0.482. The van der Waals surface area contributed by atoms with Crippen LogP contribution in [0.25, 0.3) is 0 Å². The molecule has 2 rings (SSSR count). The van der Waals surface area contributed by atoms with Gasteiger partial charge in [0.2, 0.25) is 0 Å². The van der Waals surface area contributed by atoms with Crippen molar-refractivity contribution in [2.75, 3.05) is 0 Å². The number of halogens is 3. The van der Waals surface area contributed by atoms with Gasteiger partial charge in [-0.1, -0.05) is 45.2 Å². The molecule has 0 unspecified atom stereocenters. The van der Waals surface area contributed by atoms with Gasteiger partial charge in [-0.3, -0.25) is 0 Å². The zero-order chi connectivity index (χ0) is 13.1. The minimum absolute atomic E-state index is 0.401. The van der Waals surface area contributed by atoms with E-state index in [-0.39, 0.29) is 0 Å². The Hall–Kier alpha value is -0.740. The SMILES string of the molecule is NCc1ccc(Oc2ccc(Br)cc2Cl)cc1Cl. The maximum atomic E-state index is 6.07. The van der Waals surface area contributed by atoms with Crippen LogP contribution < -0.4 is 10.5 Å². The number of rotatable bonds is 3. The Morgan fingerprint density at radius 1 is 1.06 bits per heavy atom. The van der Waals surface area contributed by atoms with Crippen molar-refractivity contribution in [2.45, 2.75) is 6.54 Å². The summed E-state index contributed by atoms with van der Waals surface area (Å²) in [5.41, 5.74) is 6.42. The molecule has 0 aliphatic heterocycles. The molecule has 0 aliphatic rings. The molecule has 0 saturated carbocycles. The van der Waals surface area contributed by atoms with Crippen LogP contribution >= 0.6 is 39.1 Å². The van der Waals surface area contributed by atoms with Crippen LogP contribution in [0.2, 0.25) is 10.0 Å². The molecule has 2 aromatic rings. The quantitative estimate of drug-likeness (QED) is 0.848. The number of ether oxygens (including phenoxy) is 1. The summed E-state index contributed by atoms with van der Waals surface area (Å²) in [6.45, 7) is 0.401. The molecule has 0 radical (unpaired) electrons. The molecule has 0 heterocycles. The lowest BCUT2D eigenvalue weighted by Gasteiger charge is -2.09. The van der Waals surface area contributed by atoms with Gasteiger partial charge in [0.1, 0.15) is 11.5 Å². The molecular weight excluding hydrogens is 337 g/mol. The number of nitrogens with two attached hydrogens (primary N) is 1. The summed E-state index contributed by atoms with van der Waals surface area (Å²) in [4.78, 5) is 0. The number of hydrogen-bond acceptors (Lipinski definition) is 2. The molecule has 0 amide bonds. The van der Waals surface area contributed by atoms with E-state index in [0.717, 1.165) is 10.0 Å².